The maximum absolute atomic E-state index is 5.45. The molecule has 1 aromatic rings. The van der Waals surface area contributed by atoms with Crippen LogP contribution in [0.15, 0.2) is 18.2 Å². The van der Waals surface area contributed by atoms with Crippen LogP contribution in [0.2, 0.25) is 0 Å². The predicted octanol–water partition coefficient (Wildman–Crippen LogP) is 3.33. The maximum Gasteiger partial charge on any atom is 0.123 e. The van der Waals surface area contributed by atoms with Gasteiger partial charge < -0.3 is 14.8 Å². The lowest BCUT2D eigenvalue weighted by atomic mass is 10.00. The molecule has 0 aliphatic heterocycles. The Morgan fingerprint density at radius 3 is 2.37 bits per heavy atom. The van der Waals surface area contributed by atoms with Crippen molar-refractivity contribution < 1.29 is 9.47 Å². The van der Waals surface area contributed by atoms with E-state index in [1.165, 1.54) is 11.1 Å². The molecule has 0 aliphatic carbocycles. The van der Waals surface area contributed by atoms with Crippen LogP contribution < -0.4 is 10.1 Å². The van der Waals surface area contributed by atoms with E-state index in [2.05, 4.69) is 45.1 Å². The minimum Gasteiger partial charge on any atom is -0.496 e. The van der Waals surface area contributed by atoms with Crippen molar-refractivity contribution in [2.24, 2.45) is 5.92 Å². The van der Waals surface area contributed by atoms with E-state index in [1.54, 1.807) is 14.2 Å². The smallest absolute Gasteiger partial charge is 0.123 e. The van der Waals surface area contributed by atoms with Gasteiger partial charge in [0.1, 0.15) is 5.75 Å². The Kier molecular flexibility index (Phi) is 6.32. The first kappa shape index (κ1) is 16.0. The molecule has 0 heterocycles. The highest BCUT2D eigenvalue weighted by Gasteiger charge is 2.18. The molecule has 1 aromatic carbocycles. The Labute approximate surface area is 117 Å². The third-order valence-electron chi connectivity index (χ3n) is 3.47. The Bertz CT molecular complexity index is 390. The fourth-order valence-electron chi connectivity index (χ4n) is 2.22. The van der Waals surface area contributed by atoms with E-state index < -0.39 is 0 Å². The van der Waals surface area contributed by atoms with Crippen molar-refractivity contribution in [3.05, 3.63) is 29.3 Å². The predicted molar refractivity (Wildman–Crippen MR) is 79.8 cm³/mol. The average molecular weight is 265 g/mol. The van der Waals surface area contributed by atoms with E-state index >= 15 is 0 Å². The number of hydrogen-bond donors (Lipinski definition) is 1. The van der Waals surface area contributed by atoms with Crippen molar-refractivity contribution in [3.63, 3.8) is 0 Å². The monoisotopic (exact) mass is 265 g/mol. The minimum atomic E-state index is 0.234. The van der Waals surface area contributed by atoms with Crippen molar-refractivity contribution in [1.82, 2.24) is 5.32 Å². The highest BCUT2D eigenvalue weighted by atomic mass is 16.5. The van der Waals surface area contributed by atoms with Gasteiger partial charge in [0.2, 0.25) is 0 Å². The first-order valence-electron chi connectivity index (χ1n) is 6.89. The van der Waals surface area contributed by atoms with Gasteiger partial charge in [0.25, 0.3) is 0 Å². The summed E-state index contributed by atoms with van der Waals surface area (Å²) in [6.07, 6.45) is 0. The molecule has 0 saturated carbocycles. The zero-order valence-electron chi connectivity index (χ0n) is 13.0. The molecule has 2 unspecified atom stereocenters. The van der Waals surface area contributed by atoms with Crippen LogP contribution in [0.1, 0.15) is 37.9 Å². The SMILES string of the molecule is COCC(NC(C)c1cc(C)ccc1OC)C(C)C. The van der Waals surface area contributed by atoms with E-state index in [4.69, 9.17) is 9.47 Å². The molecule has 1 rings (SSSR count). The largest absolute Gasteiger partial charge is 0.496 e. The summed E-state index contributed by atoms with van der Waals surface area (Å²) < 4.78 is 10.7. The zero-order valence-corrected chi connectivity index (χ0v) is 13.0. The minimum absolute atomic E-state index is 0.234. The lowest BCUT2D eigenvalue weighted by Gasteiger charge is -2.27. The molecule has 0 amide bonds. The molecule has 0 fully saturated rings. The third kappa shape index (κ3) is 4.51. The number of ether oxygens (including phenoxy) is 2. The van der Waals surface area contributed by atoms with Crippen LogP contribution in [0.5, 0.6) is 5.75 Å². The summed E-state index contributed by atoms with van der Waals surface area (Å²) in [5.74, 6) is 1.46. The second kappa shape index (κ2) is 7.51. The van der Waals surface area contributed by atoms with Gasteiger partial charge in [-0.1, -0.05) is 31.5 Å². The maximum atomic E-state index is 5.45. The van der Waals surface area contributed by atoms with E-state index in [1.807, 2.05) is 6.07 Å². The fourth-order valence-corrected chi connectivity index (χ4v) is 2.22. The van der Waals surface area contributed by atoms with Gasteiger partial charge in [-0.3, -0.25) is 0 Å². The lowest BCUT2D eigenvalue weighted by Crippen LogP contribution is -2.39. The van der Waals surface area contributed by atoms with Crippen LogP contribution in [0.4, 0.5) is 0 Å². The summed E-state index contributed by atoms with van der Waals surface area (Å²) in [5.41, 5.74) is 2.45. The number of methoxy groups -OCH3 is 2. The standard InChI is InChI=1S/C16H27NO2/c1-11(2)15(10-18-5)17-13(4)14-9-12(3)7-8-16(14)19-6/h7-9,11,13,15,17H,10H2,1-6H3. The Morgan fingerprint density at radius 2 is 1.84 bits per heavy atom. The molecule has 108 valence electrons. The molecule has 3 heteroatoms. The molecular formula is C16H27NO2. The quantitative estimate of drug-likeness (QED) is 0.820. The van der Waals surface area contributed by atoms with Gasteiger partial charge in [0, 0.05) is 24.8 Å². The van der Waals surface area contributed by atoms with E-state index in [9.17, 15) is 0 Å². The summed E-state index contributed by atoms with van der Waals surface area (Å²) in [7, 11) is 3.46. The number of aryl methyl sites for hydroxylation is 1. The van der Waals surface area contributed by atoms with Crippen LogP contribution in [0.25, 0.3) is 0 Å². The van der Waals surface area contributed by atoms with Crippen molar-refractivity contribution in [2.45, 2.75) is 39.8 Å². The third-order valence-corrected chi connectivity index (χ3v) is 3.47. The molecule has 19 heavy (non-hydrogen) atoms. The van der Waals surface area contributed by atoms with Crippen LogP contribution >= 0.6 is 0 Å². The normalized spacial score (nSPS) is 14.5. The first-order valence-corrected chi connectivity index (χ1v) is 6.89. The summed E-state index contributed by atoms with van der Waals surface area (Å²) in [4.78, 5) is 0. The van der Waals surface area contributed by atoms with Crippen molar-refractivity contribution in [3.8, 4) is 5.75 Å². The molecule has 2 atom stereocenters. The molecule has 0 aliphatic rings. The molecule has 0 spiro atoms. The van der Waals surface area contributed by atoms with E-state index in [-0.39, 0.29) is 6.04 Å². The highest BCUT2D eigenvalue weighted by molar-refractivity contribution is 5.38. The molecular weight excluding hydrogens is 238 g/mol. The number of rotatable bonds is 7. The molecule has 1 N–H and O–H groups in total. The van der Waals surface area contributed by atoms with Gasteiger partial charge in [-0.05, 0) is 25.8 Å². The topological polar surface area (TPSA) is 30.5 Å². The summed E-state index contributed by atoms with van der Waals surface area (Å²) in [6, 6.07) is 6.86. The number of nitrogens with one attached hydrogen (secondary N) is 1. The van der Waals surface area contributed by atoms with Crippen molar-refractivity contribution in [2.75, 3.05) is 20.8 Å². The van der Waals surface area contributed by atoms with Gasteiger partial charge in [-0.2, -0.15) is 0 Å². The molecule has 0 aromatic heterocycles. The summed E-state index contributed by atoms with van der Waals surface area (Å²) in [6.45, 7) is 9.40. The fraction of sp³-hybridized carbons (Fsp3) is 0.625. The van der Waals surface area contributed by atoms with Gasteiger partial charge in [0.05, 0.1) is 13.7 Å². The van der Waals surface area contributed by atoms with Crippen LogP contribution in [-0.2, 0) is 4.74 Å². The molecule has 0 saturated heterocycles. The second-order valence-corrected chi connectivity index (χ2v) is 5.44. The molecule has 0 radical (unpaired) electrons. The van der Waals surface area contributed by atoms with Gasteiger partial charge in [-0.15, -0.1) is 0 Å². The van der Waals surface area contributed by atoms with E-state index in [0.29, 0.717) is 12.0 Å². The molecule has 3 nitrogen and oxygen atoms in total. The zero-order chi connectivity index (χ0) is 14.4. The Balaban J connectivity index is 2.86. The average Bonchev–Trinajstić information content (AvgIpc) is 2.37. The van der Waals surface area contributed by atoms with Crippen LogP contribution in [-0.4, -0.2) is 26.9 Å². The van der Waals surface area contributed by atoms with E-state index in [0.717, 1.165) is 12.4 Å². The number of benzene rings is 1. The van der Waals surface area contributed by atoms with Crippen molar-refractivity contribution >= 4 is 0 Å². The first-order chi connectivity index (χ1) is 8.99. The summed E-state index contributed by atoms with van der Waals surface area (Å²) >= 11 is 0. The van der Waals surface area contributed by atoms with Crippen LogP contribution in [0.3, 0.4) is 0 Å². The van der Waals surface area contributed by atoms with Crippen LogP contribution in [0, 0.1) is 12.8 Å². The number of hydrogen-bond acceptors (Lipinski definition) is 3. The highest BCUT2D eigenvalue weighted by Crippen LogP contribution is 2.26. The van der Waals surface area contributed by atoms with Crippen molar-refractivity contribution in [1.29, 1.82) is 0 Å². The van der Waals surface area contributed by atoms with Gasteiger partial charge in [-0.25, -0.2) is 0 Å². The Hall–Kier alpha value is -1.06. The van der Waals surface area contributed by atoms with Gasteiger partial charge >= 0.3 is 0 Å². The Morgan fingerprint density at radius 1 is 1.16 bits per heavy atom. The summed E-state index contributed by atoms with van der Waals surface area (Å²) in [5, 5.41) is 3.63. The van der Waals surface area contributed by atoms with Gasteiger partial charge in [0.15, 0.2) is 0 Å². The second-order valence-electron chi connectivity index (χ2n) is 5.44. The molecule has 0 bridgehead atoms. The lowest BCUT2D eigenvalue weighted by molar-refractivity contribution is 0.141.